The average Bonchev–Trinajstić information content (AvgIpc) is 2.78. The maximum absolute atomic E-state index is 12.9. The fourth-order valence-electron chi connectivity index (χ4n) is 3.14. The second kappa shape index (κ2) is 8.99. The van der Waals surface area contributed by atoms with Crippen LogP contribution in [0.2, 0.25) is 0 Å². The quantitative estimate of drug-likeness (QED) is 0.485. The van der Waals surface area contributed by atoms with Crippen molar-refractivity contribution < 1.29 is 27.6 Å². The van der Waals surface area contributed by atoms with Crippen LogP contribution in [0.1, 0.15) is 26.3 Å². The number of halogens is 3. The zero-order valence-corrected chi connectivity index (χ0v) is 17.6. The van der Waals surface area contributed by atoms with E-state index in [0.717, 1.165) is 17.0 Å². The number of benzene rings is 3. The Kier molecular flexibility index (Phi) is 6.10. The summed E-state index contributed by atoms with van der Waals surface area (Å²) in [5, 5.41) is 7.82. The average molecular weight is 471 g/mol. The van der Waals surface area contributed by atoms with Gasteiger partial charge in [0, 0.05) is 27.4 Å². The molecule has 0 spiro atoms. The SMILES string of the molecule is O=C1CSc2ccc(C(=O)Nc3cccc(C(=O)Nc4cccc(C(F)(F)F)c4)c3)cc2N1. The van der Waals surface area contributed by atoms with Gasteiger partial charge in [-0.1, -0.05) is 12.1 Å². The molecule has 4 rings (SSSR count). The molecular weight excluding hydrogens is 455 g/mol. The fourth-order valence-corrected chi connectivity index (χ4v) is 3.93. The molecule has 0 radical (unpaired) electrons. The number of alkyl halides is 3. The summed E-state index contributed by atoms with van der Waals surface area (Å²) in [7, 11) is 0. The third-order valence-corrected chi connectivity index (χ3v) is 5.78. The molecule has 6 nitrogen and oxygen atoms in total. The zero-order chi connectivity index (χ0) is 23.6. The summed E-state index contributed by atoms with van der Waals surface area (Å²) >= 11 is 1.38. The fraction of sp³-hybridized carbons (Fsp3) is 0.0870. The third-order valence-electron chi connectivity index (χ3n) is 4.71. The molecule has 0 fully saturated rings. The van der Waals surface area contributed by atoms with Gasteiger partial charge in [0.05, 0.1) is 17.0 Å². The Balaban J connectivity index is 1.47. The highest BCUT2D eigenvalue weighted by Crippen LogP contribution is 2.32. The first-order valence-electron chi connectivity index (χ1n) is 9.66. The van der Waals surface area contributed by atoms with Crippen LogP contribution in [0.3, 0.4) is 0 Å². The van der Waals surface area contributed by atoms with Crippen molar-refractivity contribution in [2.75, 3.05) is 21.7 Å². The largest absolute Gasteiger partial charge is 0.416 e. The predicted octanol–water partition coefficient (Wildman–Crippen LogP) is 5.25. The van der Waals surface area contributed by atoms with Crippen molar-refractivity contribution in [2.24, 2.45) is 0 Å². The van der Waals surface area contributed by atoms with Crippen molar-refractivity contribution in [2.45, 2.75) is 11.1 Å². The van der Waals surface area contributed by atoms with Crippen molar-refractivity contribution in [1.29, 1.82) is 0 Å². The van der Waals surface area contributed by atoms with Gasteiger partial charge >= 0.3 is 6.18 Å². The molecule has 0 unspecified atom stereocenters. The molecule has 0 saturated carbocycles. The monoisotopic (exact) mass is 471 g/mol. The first kappa shape index (κ1) is 22.4. The third kappa shape index (κ3) is 5.35. The van der Waals surface area contributed by atoms with Crippen LogP contribution >= 0.6 is 11.8 Å². The van der Waals surface area contributed by atoms with E-state index in [4.69, 9.17) is 0 Å². The maximum Gasteiger partial charge on any atom is 0.416 e. The van der Waals surface area contributed by atoms with Gasteiger partial charge in [-0.05, 0) is 54.6 Å². The van der Waals surface area contributed by atoms with E-state index in [0.29, 0.717) is 22.7 Å². The lowest BCUT2D eigenvalue weighted by atomic mass is 10.1. The molecule has 33 heavy (non-hydrogen) atoms. The first-order chi connectivity index (χ1) is 15.7. The Morgan fingerprint density at radius 2 is 1.48 bits per heavy atom. The Hall–Kier alpha value is -3.79. The number of hydrogen-bond acceptors (Lipinski definition) is 4. The predicted molar refractivity (Wildman–Crippen MR) is 120 cm³/mol. The van der Waals surface area contributed by atoms with E-state index in [2.05, 4.69) is 16.0 Å². The van der Waals surface area contributed by atoms with Crippen LogP contribution in [0, 0.1) is 0 Å². The Bertz CT molecular complexity index is 1260. The summed E-state index contributed by atoms with van der Waals surface area (Å²) in [5.41, 5.74) is 0.472. The Labute approximate surface area is 190 Å². The smallest absolute Gasteiger partial charge is 0.324 e. The number of fused-ring (bicyclic) bond motifs is 1. The Morgan fingerprint density at radius 1 is 0.848 bits per heavy atom. The molecule has 3 N–H and O–H groups in total. The molecular formula is C23H16F3N3O3S. The minimum Gasteiger partial charge on any atom is -0.324 e. The summed E-state index contributed by atoms with van der Waals surface area (Å²) in [5.74, 6) is -0.907. The van der Waals surface area contributed by atoms with E-state index in [1.807, 2.05) is 0 Å². The van der Waals surface area contributed by atoms with Crippen molar-refractivity contribution in [3.05, 3.63) is 83.4 Å². The topological polar surface area (TPSA) is 87.3 Å². The molecule has 10 heteroatoms. The Morgan fingerprint density at radius 3 is 2.18 bits per heavy atom. The number of rotatable bonds is 4. The van der Waals surface area contributed by atoms with Gasteiger partial charge in [0.1, 0.15) is 0 Å². The zero-order valence-electron chi connectivity index (χ0n) is 16.8. The molecule has 3 aromatic carbocycles. The number of anilines is 3. The van der Waals surface area contributed by atoms with Crippen molar-refractivity contribution >= 4 is 46.5 Å². The number of carbonyl (C=O) groups excluding carboxylic acids is 3. The van der Waals surface area contributed by atoms with Crippen LogP contribution in [0.15, 0.2) is 71.6 Å². The van der Waals surface area contributed by atoms with Crippen LogP contribution in [-0.2, 0) is 11.0 Å². The molecule has 0 aromatic heterocycles. The van der Waals surface area contributed by atoms with Gasteiger partial charge in [-0.3, -0.25) is 14.4 Å². The van der Waals surface area contributed by atoms with Gasteiger partial charge in [0.2, 0.25) is 5.91 Å². The lowest BCUT2D eigenvalue weighted by Gasteiger charge is -2.17. The van der Waals surface area contributed by atoms with Crippen molar-refractivity contribution in [3.63, 3.8) is 0 Å². The molecule has 0 atom stereocenters. The van der Waals surface area contributed by atoms with E-state index >= 15 is 0 Å². The molecule has 0 saturated heterocycles. The highest BCUT2D eigenvalue weighted by molar-refractivity contribution is 8.00. The normalized spacial score (nSPS) is 13.0. The summed E-state index contributed by atoms with van der Waals surface area (Å²) < 4.78 is 38.6. The molecule has 3 amide bonds. The van der Waals surface area contributed by atoms with Gasteiger partial charge in [0.15, 0.2) is 0 Å². The van der Waals surface area contributed by atoms with Crippen molar-refractivity contribution in [3.8, 4) is 0 Å². The van der Waals surface area contributed by atoms with Gasteiger partial charge in [-0.2, -0.15) is 13.2 Å². The minimum absolute atomic E-state index is 0.00163. The maximum atomic E-state index is 12.9. The van der Waals surface area contributed by atoms with E-state index in [1.165, 1.54) is 36.0 Å². The second-order valence-corrected chi connectivity index (χ2v) is 8.13. The number of nitrogens with one attached hydrogen (secondary N) is 3. The number of hydrogen-bond donors (Lipinski definition) is 3. The number of carbonyl (C=O) groups is 3. The molecule has 0 bridgehead atoms. The van der Waals surface area contributed by atoms with Gasteiger partial charge in [-0.15, -0.1) is 11.8 Å². The standard InChI is InChI=1S/C23H16F3N3O3S/c24-23(25,26)15-4-2-6-17(11-15)28-21(31)13-3-1-5-16(9-13)27-22(32)14-7-8-19-18(10-14)29-20(30)12-33-19/h1-11H,12H2,(H,27,32)(H,28,31)(H,29,30). The number of amides is 3. The van der Waals surface area contributed by atoms with Crippen LogP contribution in [0.5, 0.6) is 0 Å². The van der Waals surface area contributed by atoms with Gasteiger partial charge < -0.3 is 16.0 Å². The summed E-state index contributed by atoms with van der Waals surface area (Å²) in [6.07, 6.45) is -4.52. The van der Waals surface area contributed by atoms with Crippen LogP contribution in [0.4, 0.5) is 30.2 Å². The second-order valence-electron chi connectivity index (χ2n) is 7.12. The van der Waals surface area contributed by atoms with E-state index < -0.39 is 23.6 Å². The van der Waals surface area contributed by atoms with Gasteiger partial charge in [-0.25, -0.2) is 0 Å². The molecule has 3 aromatic rings. The molecule has 0 aliphatic carbocycles. The first-order valence-corrected chi connectivity index (χ1v) is 10.6. The summed E-state index contributed by atoms with van der Waals surface area (Å²) in [6, 6.07) is 15.3. The summed E-state index contributed by atoms with van der Waals surface area (Å²) in [6.45, 7) is 0. The van der Waals surface area contributed by atoms with E-state index in [-0.39, 0.29) is 17.2 Å². The minimum atomic E-state index is -4.52. The highest BCUT2D eigenvalue weighted by atomic mass is 32.2. The molecule has 1 heterocycles. The van der Waals surface area contributed by atoms with E-state index in [9.17, 15) is 27.6 Å². The van der Waals surface area contributed by atoms with Crippen LogP contribution in [0.25, 0.3) is 0 Å². The highest BCUT2D eigenvalue weighted by Gasteiger charge is 2.30. The molecule has 168 valence electrons. The molecule has 1 aliphatic heterocycles. The van der Waals surface area contributed by atoms with Crippen molar-refractivity contribution in [1.82, 2.24) is 0 Å². The molecule has 1 aliphatic rings. The lowest BCUT2D eigenvalue weighted by molar-refractivity contribution is -0.137. The van der Waals surface area contributed by atoms with Gasteiger partial charge in [0.25, 0.3) is 11.8 Å². The van der Waals surface area contributed by atoms with Crippen LogP contribution in [-0.4, -0.2) is 23.5 Å². The van der Waals surface area contributed by atoms with Crippen LogP contribution < -0.4 is 16.0 Å². The summed E-state index contributed by atoms with van der Waals surface area (Å²) in [4.78, 5) is 37.6. The number of thioether (sulfide) groups is 1. The van der Waals surface area contributed by atoms with E-state index in [1.54, 1.807) is 30.3 Å². The lowest BCUT2D eigenvalue weighted by Crippen LogP contribution is -2.20.